The fourth-order valence-electron chi connectivity index (χ4n) is 0.797. The lowest BCUT2D eigenvalue weighted by molar-refractivity contribution is 0.245. The molecule has 1 rings (SSSR count). The van der Waals surface area contributed by atoms with E-state index in [9.17, 15) is 0 Å². The summed E-state index contributed by atoms with van der Waals surface area (Å²) in [5, 5.41) is 5.88. The molecule has 0 spiro atoms. The van der Waals surface area contributed by atoms with Crippen molar-refractivity contribution in [1.82, 2.24) is 16.1 Å². The molecule has 0 saturated carbocycles. The molecule has 0 aromatic rings. The molecule has 0 saturated heterocycles. The Kier molecular flexibility index (Phi) is 1.57. The number of amidine groups is 1. The zero-order chi connectivity index (χ0) is 6.85. The summed E-state index contributed by atoms with van der Waals surface area (Å²) in [4.78, 5) is 0. The second-order valence-electron chi connectivity index (χ2n) is 2.35. The molecule has 0 atom stereocenters. The molecule has 2 N–H and O–H groups in total. The third-order valence-electron chi connectivity index (χ3n) is 1.25. The van der Waals surface area contributed by atoms with Gasteiger partial charge in [0.25, 0.3) is 0 Å². The molecule has 52 valence electrons. The minimum atomic E-state index is 0.448. The number of hydrazone groups is 1. The molecule has 4 nitrogen and oxygen atoms in total. The number of nitrogens with zero attached hydrogens (tertiary/aromatic N) is 2. The van der Waals surface area contributed by atoms with Gasteiger partial charge in [-0.05, 0) is 20.8 Å². The molecule has 1 aliphatic rings. The van der Waals surface area contributed by atoms with Crippen LogP contribution in [0.2, 0.25) is 0 Å². The second-order valence-corrected chi connectivity index (χ2v) is 2.35. The van der Waals surface area contributed by atoms with Crippen molar-refractivity contribution in [3.8, 4) is 0 Å². The fourth-order valence-corrected chi connectivity index (χ4v) is 0.797. The van der Waals surface area contributed by atoms with Crippen LogP contribution < -0.4 is 11.1 Å². The van der Waals surface area contributed by atoms with Crippen molar-refractivity contribution in [3.05, 3.63) is 0 Å². The Hall–Kier alpha value is -0.770. The van der Waals surface area contributed by atoms with Crippen LogP contribution in [0.25, 0.3) is 0 Å². The normalized spacial score (nSPS) is 18.2. The first kappa shape index (κ1) is 6.35. The predicted molar refractivity (Wildman–Crippen MR) is 36.4 cm³/mol. The van der Waals surface area contributed by atoms with Gasteiger partial charge in [0, 0.05) is 6.04 Å². The van der Waals surface area contributed by atoms with Crippen molar-refractivity contribution < 1.29 is 0 Å². The van der Waals surface area contributed by atoms with Gasteiger partial charge in [0.05, 0.1) is 0 Å². The van der Waals surface area contributed by atoms with Crippen molar-refractivity contribution in [2.75, 3.05) is 0 Å². The lowest BCUT2D eigenvalue weighted by Crippen LogP contribution is -2.44. The van der Waals surface area contributed by atoms with Crippen LogP contribution in [0.5, 0.6) is 0 Å². The largest absolute Gasteiger partial charge is 0.273 e. The SMILES string of the molecule is CC1=NNNN1C(C)C. The number of hydrogen-bond donors (Lipinski definition) is 2. The average Bonchev–Trinajstić information content (AvgIpc) is 2.13. The van der Waals surface area contributed by atoms with Crippen molar-refractivity contribution in [3.63, 3.8) is 0 Å². The Labute approximate surface area is 54.9 Å². The van der Waals surface area contributed by atoms with E-state index >= 15 is 0 Å². The molecule has 0 fully saturated rings. The van der Waals surface area contributed by atoms with Gasteiger partial charge in [-0.3, -0.25) is 5.01 Å². The number of hydrazine groups is 2. The summed E-state index contributed by atoms with van der Waals surface area (Å²) in [6.45, 7) is 6.14. The van der Waals surface area contributed by atoms with Gasteiger partial charge in [-0.15, -0.1) is 10.6 Å². The third-order valence-corrected chi connectivity index (χ3v) is 1.25. The van der Waals surface area contributed by atoms with Gasteiger partial charge in [-0.2, -0.15) is 0 Å². The summed E-state index contributed by atoms with van der Waals surface area (Å²) in [6.07, 6.45) is 0. The van der Waals surface area contributed by atoms with Gasteiger partial charge in [0.15, 0.2) is 0 Å². The highest BCUT2D eigenvalue weighted by Crippen LogP contribution is 1.97. The number of nitrogens with one attached hydrogen (secondary N) is 2. The number of hydrogen-bond acceptors (Lipinski definition) is 4. The zero-order valence-electron chi connectivity index (χ0n) is 5.97. The molecule has 9 heavy (non-hydrogen) atoms. The minimum absolute atomic E-state index is 0.448. The molecule has 1 aliphatic heterocycles. The average molecular weight is 128 g/mol. The Morgan fingerprint density at radius 1 is 1.56 bits per heavy atom. The predicted octanol–water partition coefficient (Wildman–Crippen LogP) is 0.0530. The Morgan fingerprint density at radius 3 is 2.44 bits per heavy atom. The molecule has 0 bridgehead atoms. The summed E-state index contributed by atoms with van der Waals surface area (Å²) in [6, 6.07) is 0.448. The van der Waals surface area contributed by atoms with E-state index in [-0.39, 0.29) is 0 Å². The highest BCUT2D eigenvalue weighted by Gasteiger charge is 2.13. The summed E-state index contributed by atoms with van der Waals surface area (Å²) in [5.74, 6) is 0.977. The first-order valence-corrected chi connectivity index (χ1v) is 3.06. The summed E-state index contributed by atoms with van der Waals surface area (Å²) >= 11 is 0. The van der Waals surface area contributed by atoms with E-state index < -0.39 is 0 Å². The quantitative estimate of drug-likeness (QED) is 0.524. The van der Waals surface area contributed by atoms with E-state index in [2.05, 4.69) is 30.0 Å². The lowest BCUT2D eigenvalue weighted by atomic mass is 10.4. The molecular weight excluding hydrogens is 116 g/mol. The van der Waals surface area contributed by atoms with Crippen LogP contribution in [-0.2, 0) is 0 Å². The maximum Gasteiger partial charge on any atom is 0.139 e. The van der Waals surface area contributed by atoms with Crippen LogP contribution in [0.1, 0.15) is 20.8 Å². The van der Waals surface area contributed by atoms with E-state index in [1.165, 1.54) is 0 Å². The van der Waals surface area contributed by atoms with Crippen molar-refractivity contribution in [2.45, 2.75) is 26.8 Å². The second kappa shape index (κ2) is 2.23. The molecule has 0 radical (unpaired) electrons. The van der Waals surface area contributed by atoms with Crippen molar-refractivity contribution in [2.24, 2.45) is 5.10 Å². The van der Waals surface area contributed by atoms with Crippen LogP contribution in [0.4, 0.5) is 0 Å². The molecular formula is C5H12N4. The van der Waals surface area contributed by atoms with Crippen LogP contribution in [0, 0.1) is 0 Å². The summed E-state index contributed by atoms with van der Waals surface area (Å²) < 4.78 is 0. The van der Waals surface area contributed by atoms with Crippen molar-refractivity contribution in [1.29, 1.82) is 0 Å². The first-order valence-electron chi connectivity index (χ1n) is 3.06. The smallest absolute Gasteiger partial charge is 0.139 e. The molecule has 0 aliphatic carbocycles. The minimum Gasteiger partial charge on any atom is -0.273 e. The van der Waals surface area contributed by atoms with E-state index in [0.717, 1.165) is 5.84 Å². The Morgan fingerprint density at radius 2 is 2.22 bits per heavy atom. The molecule has 4 heteroatoms. The Balaban J connectivity index is 2.53. The highest BCUT2D eigenvalue weighted by molar-refractivity contribution is 5.80. The molecule has 0 aromatic heterocycles. The Bertz CT molecular complexity index is 129. The molecule has 1 heterocycles. The third kappa shape index (κ3) is 1.13. The lowest BCUT2D eigenvalue weighted by Gasteiger charge is -2.20. The van der Waals surface area contributed by atoms with Gasteiger partial charge in [-0.1, -0.05) is 0 Å². The summed E-state index contributed by atoms with van der Waals surface area (Å²) in [7, 11) is 0. The van der Waals surface area contributed by atoms with Gasteiger partial charge in [0.1, 0.15) is 5.84 Å². The maximum absolute atomic E-state index is 3.92. The topological polar surface area (TPSA) is 39.7 Å². The van der Waals surface area contributed by atoms with Gasteiger partial charge < -0.3 is 0 Å². The monoisotopic (exact) mass is 128 g/mol. The number of rotatable bonds is 1. The molecule has 0 amide bonds. The molecule has 0 aromatic carbocycles. The van der Waals surface area contributed by atoms with Gasteiger partial charge in [-0.25, -0.2) is 5.53 Å². The first-order chi connectivity index (χ1) is 4.22. The van der Waals surface area contributed by atoms with Crippen LogP contribution in [0.15, 0.2) is 5.10 Å². The van der Waals surface area contributed by atoms with E-state index in [1.54, 1.807) is 0 Å². The molecule has 0 unspecified atom stereocenters. The van der Waals surface area contributed by atoms with Crippen LogP contribution in [0.3, 0.4) is 0 Å². The van der Waals surface area contributed by atoms with Gasteiger partial charge >= 0.3 is 0 Å². The summed E-state index contributed by atoms with van der Waals surface area (Å²) in [5.41, 5.74) is 5.55. The van der Waals surface area contributed by atoms with E-state index in [4.69, 9.17) is 0 Å². The van der Waals surface area contributed by atoms with E-state index in [1.807, 2.05) is 11.9 Å². The van der Waals surface area contributed by atoms with Crippen molar-refractivity contribution >= 4 is 5.84 Å². The highest BCUT2D eigenvalue weighted by atomic mass is 15.8. The fraction of sp³-hybridized carbons (Fsp3) is 0.800. The van der Waals surface area contributed by atoms with E-state index in [0.29, 0.717) is 6.04 Å². The standard InChI is InChI=1S/C5H12N4/c1-4(2)9-5(3)6-7-8-9/h4,7-8H,1-3H3. The van der Waals surface area contributed by atoms with Crippen LogP contribution in [-0.4, -0.2) is 16.9 Å². The maximum atomic E-state index is 3.92. The van der Waals surface area contributed by atoms with Crippen LogP contribution >= 0.6 is 0 Å². The van der Waals surface area contributed by atoms with Gasteiger partial charge in [0.2, 0.25) is 0 Å². The zero-order valence-corrected chi connectivity index (χ0v) is 5.97.